The van der Waals surface area contributed by atoms with Crippen LogP contribution < -0.4 is 0 Å². The van der Waals surface area contributed by atoms with Crippen molar-refractivity contribution in [1.82, 2.24) is 0 Å². The first-order chi connectivity index (χ1) is 19.9. The van der Waals surface area contributed by atoms with E-state index in [0.29, 0.717) is 19.3 Å². The molecule has 5 fully saturated rings. The molecule has 7 rings (SSSR count). The van der Waals surface area contributed by atoms with Crippen LogP contribution in [0.5, 0.6) is 0 Å². The topological polar surface area (TPSA) is 34.1 Å². The van der Waals surface area contributed by atoms with Gasteiger partial charge in [-0.05, 0) is 122 Å². The molecular formula is C34H34F6O2. The van der Waals surface area contributed by atoms with Crippen molar-refractivity contribution < 1.29 is 35.9 Å². The van der Waals surface area contributed by atoms with Crippen LogP contribution in [-0.4, -0.2) is 11.6 Å². The van der Waals surface area contributed by atoms with Crippen molar-refractivity contribution in [2.75, 3.05) is 0 Å². The number of benzene rings is 2. The summed E-state index contributed by atoms with van der Waals surface area (Å²) in [5.74, 6) is 1.39. The van der Waals surface area contributed by atoms with E-state index in [1.165, 1.54) is 0 Å². The Morgan fingerprint density at radius 3 is 1.17 bits per heavy atom. The van der Waals surface area contributed by atoms with E-state index >= 15 is 0 Å². The standard InChI is InChI=1S/C34H34F6O2/c35-33(36,37)21-7-1-17(2-8-21)19-5-11-23-25-15-26-24-12-6-20(18-3-9-22(10-4-18)34(38,39)40)14-28(24)32(42)30(26)16-29(25)31(41)27(23)13-19/h1-4,7-10,19-20,23-30H,5-6,11-16H2. The summed E-state index contributed by atoms with van der Waals surface area (Å²) >= 11 is 0. The van der Waals surface area contributed by atoms with Crippen molar-refractivity contribution in [3.05, 3.63) is 70.8 Å². The third kappa shape index (κ3) is 4.62. The van der Waals surface area contributed by atoms with E-state index in [1.807, 2.05) is 0 Å². The van der Waals surface area contributed by atoms with Crippen molar-refractivity contribution in [2.24, 2.45) is 47.3 Å². The molecule has 0 saturated heterocycles. The first-order valence-corrected chi connectivity index (χ1v) is 15.3. The summed E-state index contributed by atoms with van der Waals surface area (Å²) in [6.07, 6.45) is -2.40. The van der Waals surface area contributed by atoms with Crippen molar-refractivity contribution in [3.63, 3.8) is 0 Å². The molecule has 10 unspecified atom stereocenters. The van der Waals surface area contributed by atoms with E-state index in [0.717, 1.165) is 67.5 Å². The van der Waals surface area contributed by atoms with Gasteiger partial charge in [0.25, 0.3) is 0 Å². The van der Waals surface area contributed by atoms with Crippen LogP contribution in [0, 0.1) is 47.3 Å². The van der Waals surface area contributed by atoms with Gasteiger partial charge in [0.15, 0.2) is 0 Å². The number of hydrogen-bond donors (Lipinski definition) is 0. The van der Waals surface area contributed by atoms with Gasteiger partial charge < -0.3 is 0 Å². The zero-order chi connectivity index (χ0) is 29.6. The number of carbonyl (C=O) groups excluding carboxylic acids is 2. The van der Waals surface area contributed by atoms with Gasteiger partial charge in [-0.1, -0.05) is 24.3 Å². The molecule has 8 heteroatoms. The van der Waals surface area contributed by atoms with Crippen LogP contribution in [0.3, 0.4) is 0 Å². The predicted molar refractivity (Wildman–Crippen MR) is 143 cm³/mol. The van der Waals surface area contributed by atoms with E-state index in [2.05, 4.69) is 0 Å². The van der Waals surface area contributed by atoms with E-state index in [9.17, 15) is 35.9 Å². The molecule has 10 atom stereocenters. The normalized spacial score (nSPS) is 38.0. The molecule has 0 spiro atoms. The van der Waals surface area contributed by atoms with Crippen LogP contribution in [0.15, 0.2) is 48.5 Å². The number of rotatable bonds is 2. The second-order valence-electron chi connectivity index (χ2n) is 13.6. The number of halogens is 6. The summed E-state index contributed by atoms with van der Waals surface area (Å²) in [6, 6.07) is 10.8. The second-order valence-corrected chi connectivity index (χ2v) is 13.6. The highest BCUT2D eigenvalue weighted by atomic mass is 19.4. The van der Waals surface area contributed by atoms with Crippen LogP contribution in [-0.2, 0) is 21.9 Å². The predicted octanol–water partition coefficient (Wildman–Crippen LogP) is 8.85. The maximum Gasteiger partial charge on any atom is 0.416 e. The zero-order valence-corrected chi connectivity index (χ0v) is 23.1. The summed E-state index contributed by atoms with van der Waals surface area (Å²) in [5, 5.41) is 0. The molecule has 2 nitrogen and oxygen atoms in total. The molecule has 0 heterocycles. The molecule has 5 aliphatic carbocycles. The van der Waals surface area contributed by atoms with Gasteiger partial charge in [-0.3, -0.25) is 9.59 Å². The summed E-state index contributed by atoms with van der Waals surface area (Å²) in [6.45, 7) is 0. The summed E-state index contributed by atoms with van der Waals surface area (Å²) in [4.78, 5) is 27.5. The van der Waals surface area contributed by atoms with Crippen molar-refractivity contribution in [3.8, 4) is 0 Å². The molecule has 0 N–H and O–H groups in total. The molecule has 5 aliphatic rings. The van der Waals surface area contributed by atoms with Crippen LogP contribution in [0.25, 0.3) is 0 Å². The van der Waals surface area contributed by atoms with E-state index in [-0.39, 0.29) is 70.7 Å². The summed E-state index contributed by atoms with van der Waals surface area (Å²) in [5.41, 5.74) is 0.407. The van der Waals surface area contributed by atoms with Gasteiger partial charge in [-0.15, -0.1) is 0 Å². The maximum absolute atomic E-state index is 13.7. The van der Waals surface area contributed by atoms with Gasteiger partial charge in [0.1, 0.15) is 11.6 Å². The highest BCUT2D eigenvalue weighted by Gasteiger charge is 2.61. The second kappa shape index (κ2) is 9.95. The maximum atomic E-state index is 13.7. The molecule has 0 amide bonds. The average molecular weight is 589 g/mol. The first-order valence-electron chi connectivity index (χ1n) is 15.3. The van der Waals surface area contributed by atoms with Gasteiger partial charge >= 0.3 is 12.4 Å². The minimum atomic E-state index is -4.37. The number of ketones is 2. The van der Waals surface area contributed by atoms with Crippen LogP contribution in [0.4, 0.5) is 26.3 Å². The molecule has 5 saturated carbocycles. The molecule has 0 aromatic heterocycles. The Balaban J connectivity index is 1.03. The molecule has 2 aromatic carbocycles. The monoisotopic (exact) mass is 588 g/mol. The number of fused-ring (bicyclic) bond motifs is 6. The number of alkyl halides is 6. The molecule has 42 heavy (non-hydrogen) atoms. The van der Waals surface area contributed by atoms with Gasteiger partial charge in [-0.25, -0.2) is 0 Å². The summed E-state index contributed by atoms with van der Waals surface area (Å²) < 4.78 is 78.2. The molecule has 0 radical (unpaired) electrons. The Bertz CT molecular complexity index is 1260. The molecule has 0 bridgehead atoms. The van der Waals surface area contributed by atoms with Crippen molar-refractivity contribution in [2.45, 2.75) is 75.6 Å². The Labute approximate surface area is 241 Å². The Morgan fingerprint density at radius 1 is 0.452 bits per heavy atom. The van der Waals surface area contributed by atoms with E-state index in [1.54, 1.807) is 24.3 Å². The van der Waals surface area contributed by atoms with E-state index in [4.69, 9.17) is 0 Å². The van der Waals surface area contributed by atoms with Gasteiger partial charge in [0.05, 0.1) is 11.1 Å². The lowest BCUT2D eigenvalue weighted by molar-refractivity contribution is -0.138. The fourth-order valence-corrected chi connectivity index (χ4v) is 9.98. The Kier molecular flexibility index (Phi) is 6.67. The fraction of sp³-hybridized carbons (Fsp3) is 0.588. The van der Waals surface area contributed by atoms with Gasteiger partial charge in [0.2, 0.25) is 0 Å². The molecule has 224 valence electrons. The van der Waals surface area contributed by atoms with Crippen molar-refractivity contribution >= 4 is 11.6 Å². The molecular weight excluding hydrogens is 554 g/mol. The third-order valence-electron chi connectivity index (χ3n) is 11.9. The highest BCUT2D eigenvalue weighted by molar-refractivity contribution is 5.90. The highest BCUT2D eigenvalue weighted by Crippen LogP contribution is 2.62. The van der Waals surface area contributed by atoms with Gasteiger partial charge in [-0.2, -0.15) is 26.3 Å². The molecule has 2 aromatic rings. The van der Waals surface area contributed by atoms with Crippen LogP contribution in [0.2, 0.25) is 0 Å². The van der Waals surface area contributed by atoms with Crippen LogP contribution >= 0.6 is 0 Å². The first kappa shape index (κ1) is 28.1. The van der Waals surface area contributed by atoms with Crippen LogP contribution in [0.1, 0.15) is 85.5 Å². The zero-order valence-electron chi connectivity index (χ0n) is 23.1. The average Bonchev–Trinajstić information content (AvgIpc) is 3.40. The Hall–Kier alpha value is -2.64. The SMILES string of the molecule is O=C1C2CC(c3ccc(C(F)(F)F)cc3)CCC2C2CC3C(CC12)C(=O)C1CC(c2ccc(C(F)(F)F)cc2)CCC13. The lowest BCUT2D eigenvalue weighted by Crippen LogP contribution is -2.35. The van der Waals surface area contributed by atoms with Crippen molar-refractivity contribution in [1.29, 1.82) is 0 Å². The summed E-state index contributed by atoms with van der Waals surface area (Å²) in [7, 11) is 0. The number of carbonyl (C=O) groups is 2. The lowest BCUT2D eigenvalue weighted by atomic mass is 9.63. The van der Waals surface area contributed by atoms with E-state index < -0.39 is 23.5 Å². The number of hydrogen-bond acceptors (Lipinski definition) is 2. The molecule has 0 aliphatic heterocycles. The fourth-order valence-electron chi connectivity index (χ4n) is 9.98. The minimum absolute atomic E-state index is 0.0728. The lowest BCUT2D eigenvalue weighted by Gasteiger charge is -2.40. The largest absolute Gasteiger partial charge is 0.416 e. The third-order valence-corrected chi connectivity index (χ3v) is 11.9. The smallest absolute Gasteiger partial charge is 0.299 e. The Morgan fingerprint density at radius 2 is 0.810 bits per heavy atom. The quantitative estimate of drug-likeness (QED) is 0.329. The van der Waals surface area contributed by atoms with Gasteiger partial charge in [0, 0.05) is 23.7 Å². The minimum Gasteiger partial charge on any atom is -0.299 e. The number of Topliss-reactive ketones (excluding diaryl/α,β-unsaturated/α-hetero) is 2.